The summed E-state index contributed by atoms with van der Waals surface area (Å²) in [6.45, 7) is 6.01. The number of hydrogen-bond donors (Lipinski definition) is 2. The summed E-state index contributed by atoms with van der Waals surface area (Å²) in [5.74, 6) is 2.09. The van der Waals surface area contributed by atoms with E-state index in [0.29, 0.717) is 24.5 Å². The second kappa shape index (κ2) is 10.4. The van der Waals surface area contributed by atoms with Crippen LogP contribution in [0.15, 0.2) is 30.6 Å². The lowest BCUT2D eigenvalue weighted by Crippen LogP contribution is -2.25. The average molecular weight is 409 g/mol. The number of rotatable bonds is 9. The van der Waals surface area contributed by atoms with Crippen LogP contribution in [-0.2, 0) is 0 Å². The van der Waals surface area contributed by atoms with E-state index in [4.69, 9.17) is 9.72 Å². The van der Waals surface area contributed by atoms with Crippen molar-refractivity contribution >= 4 is 23.5 Å². The van der Waals surface area contributed by atoms with Gasteiger partial charge < -0.3 is 15.4 Å². The quantitative estimate of drug-likeness (QED) is 0.634. The minimum absolute atomic E-state index is 0.496. The van der Waals surface area contributed by atoms with Crippen LogP contribution in [0.2, 0.25) is 0 Å². The predicted octanol–water partition coefficient (Wildman–Crippen LogP) is 4.48. The van der Waals surface area contributed by atoms with Crippen LogP contribution in [0, 0.1) is 0 Å². The first-order valence-electron chi connectivity index (χ1n) is 11.1. The van der Waals surface area contributed by atoms with Crippen molar-refractivity contribution in [2.24, 2.45) is 0 Å². The Morgan fingerprint density at radius 1 is 1.10 bits per heavy atom. The molecule has 0 unspecified atom stereocenters. The lowest BCUT2D eigenvalue weighted by atomic mass is 10.2. The maximum atomic E-state index is 5.78. The maximum Gasteiger partial charge on any atom is 0.229 e. The fraction of sp³-hybridized carbons (Fsp3) is 0.522. The van der Waals surface area contributed by atoms with Gasteiger partial charge in [-0.05, 0) is 51.8 Å². The Bertz CT molecular complexity index is 826. The van der Waals surface area contributed by atoms with Crippen molar-refractivity contribution in [3.8, 4) is 5.88 Å². The van der Waals surface area contributed by atoms with Crippen LogP contribution in [0.5, 0.6) is 5.88 Å². The molecule has 0 atom stereocenters. The molecule has 160 valence electrons. The first-order chi connectivity index (χ1) is 14.8. The van der Waals surface area contributed by atoms with Gasteiger partial charge in [-0.2, -0.15) is 4.98 Å². The summed E-state index contributed by atoms with van der Waals surface area (Å²) in [5, 5.41) is 6.85. The van der Waals surface area contributed by atoms with Crippen molar-refractivity contribution in [1.29, 1.82) is 0 Å². The van der Waals surface area contributed by atoms with E-state index in [9.17, 15) is 0 Å². The van der Waals surface area contributed by atoms with E-state index in [1.807, 2.05) is 37.4 Å². The van der Waals surface area contributed by atoms with Crippen molar-refractivity contribution in [2.75, 3.05) is 36.9 Å². The Labute approximate surface area is 179 Å². The number of ether oxygens (including phenoxy) is 1. The van der Waals surface area contributed by atoms with Crippen LogP contribution >= 0.6 is 0 Å². The molecule has 2 aromatic rings. The summed E-state index contributed by atoms with van der Waals surface area (Å²) in [4.78, 5) is 16.0. The summed E-state index contributed by atoms with van der Waals surface area (Å²) < 4.78 is 5.78. The summed E-state index contributed by atoms with van der Waals surface area (Å²) in [6, 6.07) is 4.33. The topological polar surface area (TPSA) is 75.2 Å². The summed E-state index contributed by atoms with van der Waals surface area (Å²) in [6.07, 6.45) is 15.2. The Hall–Kier alpha value is -2.67. The summed E-state index contributed by atoms with van der Waals surface area (Å²) >= 11 is 0. The number of anilines is 3. The number of nitrogens with one attached hydrogen (secondary N) is 2. The average Bonchev–Trinajstić information content (AvgIpc) is 3.46. The predicted molar refractivity (Wildman–Crippen MR) is 121 cm³/mol. The lowest BCUT2D eigenvalue weighted by molar-refractivity contribution is 0.232. The van der Waals surface area contributed by atoms with E-state index in [-0.39, 0.29) is 0 Å². The number of nitrogens with zero attached hydrogens (tertiary/aromatic N) is 4. The normalized spacial score (nSPS) is 17.6. The third-order valence-electron chi connectivity index (χ3n) is 5.71. The molecular weight excluding hydrogens is 376 g/mol. The number of hydrogen-bond acceptors (Lipinski definition) is 7. The van der Waals surface area contributed by atoms with Crippen LogP contribution in [-0.4, -0.2) is 52.1 Å². The van der Waals surface area contributed by atoms with Crippen LogP contribution in [0.3, 0.4) is 0 Å². The molecule has 0 spiro atoms. The van der Waals surface area contributed by atoms with Crippen molar-refractivity contribution in [3.63, 3.8) is 0 Å². The van der Waals surface area contributed by atoms with E-state index in [0.717, 1.165) is 23.6 Å². The van der Waals surface area contributed by atoms with E-state index >= 15 is 0 Å². The molecule has 4 rings (SSSR count). The van der Waals surface area contributed by atoms with Crippen LogP contribution in [0.4, 0.5) is 17.5 Å². The van der Waals surface area contributed by atoms with E-state index in [1.54, 1.807) is 6.20 Å². The molecule has 2 N–H and O–H groups in total. The second-order valence-corrected chi connectivity index (χ2v) is 8.03. The maximum absolute atomic E-state index is 5.78. The van der Waals surface area contributed by atoms with Crippen molar-refractivity contribution < 1.29 is 4.74 Å². The highest BCUT2D eigenvalue weighted by molar-refractivity contribution is 5.65. The van der Waals surface area contributed by atoms with Crippen LogP contribution in [0.25, 0.3) is 6.08 Å². The Morgan fingerprint density at radius 2 is 1.93 bits per heavy atom. The van der Waals surface area contributed by atoms with Gasteiger partial charge in [0.15, 0.2) is 0 Å². The minimum atomic E-state index is 0.496. The first-order valence-corrected chi connectivity index (χ1v) is 11.1. The summed E-state index contributed by atoms with van der Waals surface area (Å²) in [7, 11) is 0. The van der Waals surface area contributed by atoms with Gasteiger partial charge in [-0.1, -0.05) is 25.0 Å². The largest absolute Gasteiger partial charge is 0.476 e. The molecule has 30 heavy (non-hydrogen) atoms. The van der Waals surface area contributed by atoms with Crippen molar-refractivity contribution in [2.45, 2.75) is 51.5 Å². The SMILES string of the molecule is C/C=C/c1cnc(Nc2ccc(OCCN3CCCC3)nc2)nc1NC1CCCC1. The zero-order valence-electron chi connectivity index (χ0n) is 17.8. The van der Waals surface area contributed by atoms with Gasteiger partial charge in [0.05, 0.1) is 11.9 Å². The van der Waals surface area contributed by atoms with Crippen LogP contribution in [0.1, 0.15) is 51.0 Å². The Morgan fingerprint density at radius 3 is 2.67 bits per heavy atom. The zero-order valence-corrected chi connectivity index (χ0v) is 17.8. The molecule has 3 heterocycles. The van der Waals surface area contributed by atoms with E-state index in [2.05, 4.69) is 25.5 Å². The Balaban J connectivity index is 1.35. The molecule has 1 saturated heterocycles. The molecule has 0 aromatic carbocycles. The molecule has 2 fully saturated rings. The molecule has 0 radical (unpaired) electrons. The van der Waals surface area contributed by atoms with Gasteiger partial charge in [-0.15, -0.1) is 0 Å². The minimum Gasteiger partial charge on any atom is -0.476 e. The van der Waals surface area contributed by atoms with Crippen molar-refractivity contribution in [3.05, 3.63) is 36.2 Å². The number of aromatic nitrogens is 3. The standard InChI is InChI=1S/C23H32N6O/c1-2-7-18-16-25-23(28-22(18)26-19-8-3-4-9-19)27-20-10-11-21(24-17-20)30-15-14-29-12-5-6-13-29/h2,7,10-11,16-17,19H,3-6,8-9,12-15H2,1H3,(H2,25,26,27,28)/b7-2+. The number of allylic oxidation sites excluding steroid dienone is 1. The van der Waals surface area contributed by atoms with Gasteiger partial charge in [-0.3, -0.25) is 4.90 Å². The molecule has 1 aliphatic heterocycles. The van der Waals surface area contributed by atoms with E-state index < -0.39 is 0 Å². The molecular formula is C23H32N6O. The number of pyridine rings is 1. The zero-order chi connectivity index (χ0) is 20.6. The van der Waals surface area contributed by atoms with Gasteiger partial charge in [0.2, 0.25) is 11.8 Å². The highest BCUT2D eigenvalue weighted by Crippen LogP contribution is 2.25. The van der Waals surface area contributed by atoms with Gasteiger partial charge in [-0.25, -0.2) is 9.97 Å². The fourth-order valence-corrected chi connectivity index (χ4v) is 4.09. The summed E-state index contributed by atoms with van der Waals surface area (Å²) in [5.41, 5.74) is 1.85. The first kappa shape index (κ1) is 20.6. The van der Waals surface area contributed by atoms with Crippen LogP contribution < -0.4 is 15.4 Å². The van der Waals surface area contributed by atoms with Gasteiger partial charge >= 0.3 is 0 Å². The Kier molecular flexibility index (Phi) is 7.13. The molecule has 2 aliphatic rings. The molecule has 0 amide bonds. The molecule has 0 bridgehead atoms. The van der Waals surface area contributed by atoms with Gasteiger partial charge in [0.25, 0.3) is 0 Å². The fourth-order valence-electron chi connectivity index (χ4n) is 4.09. The van der Waals surface area contributed by atoms with Gasteiger partial charge in [0.1, 0.15) is 12.4 Å². The third-order valence-corrected chi connectivity index (χ3v) is 5.71. The third kappa shape index (κ3) is 5.69. The monoisotopic (exact) mass is 408 g/mol. The highest BCUT2D eigenvalue weighted by Gasteiger charge is 2.17. The molecule has 1 saturated carbocycles. The molecule has 7 nitrogen and oxygen atoms in total. The van der Waals surface area contributed by atoms with Crippen molar-refractivity contribution in [1.82, 2.24) is 19.9 Å². The smallest absolute Gasteiger partial charge is 0.229 e. The van der Waals surface area contributed by atoms with E-state index in [1.165, 1.54) is 51.6 Å². The molecule has 7 heteroatoms. The highest BCUT2D eigenvalue weighted by atomic mass is 16.5. The number of likely N-dealkylation sites (tertiary alicyclic amines) is 1. The lowest BCUT2D eigenvalue weighted by Gasteiger charge is -2.16. The molecule has 2 aromatic heterocycles. The second-order valence-electron chi connectivity index (χ2n) is 8.03. The molecule has 1 aliphatic carbocycles. The van der Waals surface area contributed by atoms with Gasteiger partial charge in [0, 0.05) is 30.4 Å².